The number of hydrogen-bond acceptors (Lipinski definition) is 2. The maximum atomic E-state index is 10.6. The first-order valence-electron chi connectivity index (χ1n) is 7.42. The minimum Gasteiger partial charge on any atom is -0.385 e. The highest BCUT2D eigenvalue weighted by molar-refractivity contribution is 5.36. The highest BCUT2D eigenvalue weighted by Gasteiger charge is 2.23. The summed E-state index contributed by atoms with van der Waals surface area (Å²) in [4.78, 5) is 0. The monoisotopic (exact) mass is 294 g/mol. The number of hydrogen-bond donors (Lipinski definition) is 2. The molecule has 0 unspecified atom stereocenters. The largest absolute Gasteiger partial charge is 0.385 e. The molecule has 0 radical (unpaired) electrons. The third kappa shape index (κ3) is 3.53. The van der Waals surface area contributed by atoms with Crippen molar-refractivity contribution >= 4 is 0 Å². The molecular weight excluding hydrogens is 272 g/mol. The lowest BCUT2D eigenvalue weighted by Crippen LogP contribution is -2.14. The van der Waals surface area contributed by atoms with Gasteiger partial charge in [-0.05, 0) is 35.1 Å². The molecule has 0 amide bonds. The van der Waals surface area contributed by atoms with Crippen LogP contribution in [0.25, 0.3) is 0 Å². The molecule has 0 aliphatic heterocycles. The predicted molar refractivity (Wildman–Crippen MR) is 90.6 cm³/mol. The van der Waals surface area contributed by atoms with Gasteiger partial charge in [0.1, 0.15) is 12.2 Å². The molecule has 0 saturated carbocycles. The zero-order chi connectivity index (χ0) is 15.9. The number of allylic oxidation sites excluding steroid dienone is 2. The highest BCUT2D eigenvalue weighted by atomic mass is 16.3. The molecule has 2 aromatic carbocycles. The van der Waals surface area contributed by atoms with Crippen molar-refractivity contribution in [3.63, 3.8) is 0 Å². The van der Waals surface area contributed by atoms with Crippen LogP contribution in [0.3, 0.4) is 0 Å². The van der Waals surface area contributed by atoms with Gasteiger partial charge in [-0.1, -0.05) is 60.7 Å². The summed E-state index contributed by atoms with van der Waals surface area (Å²) < 4.78 is 0. The Bertz CT molecular complexity index is 588. The average molecular weight is 294 g/mol. The lowest BCUT2D eigenvalue weighted by molar-refractivity contribution is 0.0163. The summed E-state index contributed by atoms with van der Waals surface area (Å²) in [6.45, 7) is 7.49. The topological polar surface area (TPSA) is 40.5 Å². The molecule has 2 heteroatoms. The van der Waals surface area contributed by atoms with Gasteiger partial charge in [-0.15, -0.1) is 13.2 Å². The summed E-state index contributed by atoms with van der Waals surface area (Å²) in [5, 5.41) is 21.3. The summed E-state index contributed by atoms with van der Waals surface area (Å²) in [6, 6.07) is 15.2. The number of benzene rings is 2. The van der Waals surface area contributed by atoms with Crippen LogP contribution in [0.15, 0.2) is 73.8 Å². The number of aliphatic hydroxyl groups is 2. The van der Waals surface area contributed by atoms with Crippen molar-refractivity contribution in [2.24, 2.45) is 0 Å². The molecule has 2 aromatic rings. The summed E-state index contributed by atoms with van der Waals surface area (Å²) >= 11 is 0. The van der Waals surface area contributed by atoms with Crippen LogP contribution in [0.5, 0.6) is 0 Å². The van der Waals surface area contributed by atoms with Crippen LogP contribution in [0.1, 0.15) is 34.5 Å². The van der Waals surface area contributed by atoms with Gasteiger partial charge in [0.15, 0.2) is 0 Å². The van der Waals surface area contributed by atoms with Gasteiger partial charge in [0.25, 0.3) is 0 Å². The Kier molecular flexibility index (Phi) is 5.70. The van der Waals surface area contributed by atoms with Gasteiger partial charge in [-0.3, -0.25) is 0 Å². The molecule has 2 nitrogen and oxygen atoms in total. The van der Waals surface area contributed by atoms with E-state index in [0.717, 1.165) is 22.3 Å². The van der Waals surface area contributed by atoms with E-state index in [2.05, 4.69) is 13.2 Å². The molecule has 0 bridgehead atoms. The van der Waals surface area contributed by atoms with E-state index in [1.807, 2.05) is 48.5 Å². The molecule has 114 valence electrons. The second kappa shape index (κ2) is 7.74. The Hall–Kier alpha value is -2.16. The Morgan fingerprint density at radius 1 is 0.727 bits per heavy atom. The molecule has 0 aliphatic rings. The van der Waals surface area contributed by atoms with Crippen molar-refractivity contribution in [2.75, 3.05) is 0 Å². The molecule has 0 fully saturated rings. The third-order valence-corrected chi connectivity index (χ3v) is 3.78. The molecule has 0 aromatic heterocycles. The van der Waals surface area contributed by atoms with Crippen LogP contribution in [-0.2, 0) is 12.8 Å². The molecule has 2 N–H and O–H groups in total. The highest BCUT2D eigenvalue weighted by Crippen LogP contribution is 2.32. The first kappa shape index (κ1) is 16.2. The van der Waals surface area contributed by atoms with Crippen LogP contribution in [0.4, 0.5) is 0 Å². The minimum absolute atomic E-state index is 0.661. The Morgan fingerprint density at radius 2 is 1.09 bits per heavy atom. The lowest BCUT2D eigenvalue weighted by Gasteiger charge is -2.22. The molecule has 0 saturated heterocycles. The van der Waals surface area contributed by atoms with Crippen molar-refractivity contribution in [3.8, 4) is 0 Å². The van der Waals surface area contributed by atoms with Gasteiger partial charge in [-0.2, -0.15) is 0 Å². The van der Waals surface area contributed by atoms with E-state index in [1.165, 1.54) is 0 Å². The number of aliphatic hydroxyl groups excluding tert-OH is 2. The summed E-state index contributed by atoms with van der Waals surface area (Å²) in [5.74, 6) is 0. The fourth-order valence-electron chi connectivity index (χ4n) is 2.67. The Labute approximate surface area is 132 Å². The SMILES string of the molecule is C=CCc1ccccc1[C@@H](O)[C@H](O)c1ccccc1CC=C. The van der Waals surface area contributed by atoms with E-state index in [1.54, 1.807) is 12.2 Å². The van der Waals surface area contributed by atoms with Crippen molar-refractivity contribution in [2.45, 2.75) is 25.0 Å². The summed E-state index contributed by atoms with van der Waals surface area (Å²) in [5.41, 5.74) is 3.43. The van der Waals surface area contributed by atoms with Gasteiger partial charge in [0, 0.05) is 0 Å². The molecule has 0 heterocycles. The first-order valence-corrected chi connectivity index (χ1v) is 7.42. The van der Waals surface area contributed by atoms with E-state index in [0.29, 0.717) is 12.8 Å². The van der Waals surface area contributed by atoms with E-state index >= 15 is 0 Å². The van der Waals surface area contributed by atoms with Crippen molar-refractivity contribution < 1.29 is 10.2 Å². The molecule has 22 heavy (non-hydrogen) atoms. The summed E-state index contributed by atoms with van der Waals surface area (Å²) in [6.07, 6.45) is 2.97. The summed E-state index contributed by atoms with van der Waals surface area (Å²) in [7, 11) is 0. The standard InChI is InChI=1S/C20H22O2/c1-3-9-15-11-5-7-13-17(15)19(21)20(22)18-14-8-6-12-16(18)10-4-2/h3-8,11-14,19-22H,1-2,9-10H2/t19-,20-/m1/s1. The van der Waals surface area contributed by atoms with Gasteiger partial charge in [-0.25, -0.2) is 0 Å². The smallest absolute Gasteiger partial charge is 0.109 e. The van der Waals surface area contributed by atoms with Crippen LogP contribution in [0, 0.1) is 0 Å². The van der Waals surface area contributed by atoms with Crippen LogP contribution in [0.2, 0.25) is 0 Å². The average Bonchev–Trinajstić information content (AvgIpc) is 2.55. The lowest BCUT2D eigenvalue weighted by atomic mass is 9.90. The van der Waals surface area contributed by atoms with E-state index in [4.69, 9.17) is 0 Å². The van der Waals surface area contributed by atoms with E-state index in [9.17, 15) is 10.2 Å². The maximum absolute atomic E-state index is 10.6. The fraction of sp³-hybridized carbons (Fsp3) is 0.200. The Balaban J connectivity index is 2.35. The zero-order valence-electron chi connectivity index (χ0n) is 12.7. The van der Waals surface area contributed by atoms with Gasteiger partial charge >= 0.3 is 0 Å². The maximum Gasteiger partial charge on any atom is 0.109 e. The van der Waals surface area contributed by atoms with Crippen molar-refractivity contribution in [3.05, 3.63) is 96.1 Å². The van der Waals surface area contributed by atoms with Gasteiger partial charge < -0.3 is 10.2 Å². The normalized spacial score (nSPS) is 13.4. The fourth-order valence-corrected chi connectivity index (χ4v) is 2.67. The molecular formula is C20H22O2. The second-order valence-corrected chi connectivity index (χ2v) is 5.27. The van der Waals surface area contributed by atoms with Gasteiger partial charge in [0.2, 0.25) is 0 Å². The van der Waals surface area contributed by atoms with E-state index < -0.39 is 12.2 Å². The van der Waals surface area contributed by atoms with Crippen molar-refractivity contribution in [1.29, 1.82) is 0 Å². The molecule has 0 spiro atoms. The minimum atomic E-state index is -0.970. The zero-order valence-corrected chi connectivity index (χ0v) is 12.7. The second-order valence-electron chi connectivity index (χ2n) is 5.27. The van der Waals surface area contributed by atoms with Gasteiger partial charge in [0.05, 0.1) is 0 Å². The molecule has 2 rings (SSSR count). The molecule has 0 aliphatic carbocycles. The van der Waals surface area contributed by atoms with Crippen LogP contribution in [-0.4, -0.2) is 10.2 Å². The molecule has 2 atom stereocenters. The van der Waals surface area contributed by atoms with E-state index in [-0.39, 0.29) is 0 Å². The number of rotatable bonds is 7. The Morgan fingerprint density at radius 3 is 1.45 bits per heavy atom. The van der Waals surface area contributed by atoms with Crippen LogP contribution >= 0.6 is 0 Å². The third-order valence-electron chi connectivity index (χ3n) is 3.78. The first-order chi connectivity index (χ1) is 10.7. The predicted octanol–water partition coefficient (Wildman–Crippen LogP) is 3.91. The quantitative estimate of drug-likeness (QED) is 0.760. The van der Waals surface area contributed by atoms with Crippen LogP contribution < -0.4 is 0 Å². The van der Waals surface area contributed by atoms with Crippen molar-refractivity contribution in [1.82, 2.24) is 0 Å².